The van der Waals surface area contributed by atoms with Crippen LogP contribution in [-0.4, -0.2) is 32.6 Å². The summed E-state index contributed by atoms with van der Waals surface area (Å²) in [6.07, 6.45) is 4.02. The third kappa shape index (κ3) is 4.27. The summed E-state index contributed by atoms with van der Waals surface area (Å²) in [5, 5.41) is 5.93. The van der Waals surface area contributed by atoms with E-state index in [1.54, 1.807) is 30.4 Å². The van der Waals surface area contributed by atoms with Gasteiger partial charge in [-0.05, 0) is 29.3 Å². The van der Waals surface area contributed by atoms with Crippen LogP contribution in [0.1, 0.15) is 16.8 Å². The number of likely N-dealkylation sites (N-methyl/N-ethyl adjacent to an activating group) is 1. The van der Waals surface area contributed by atoms with Gasteiger partial charge in [-0.15, -0.1) is 0 Å². The maximum Gasteiger partial charge on any atom is 0.275 e. The molecular formula is C24H22N4O2. The monoisotopic (exact) mass is 398 g/mol. The van der Waals surface area contributed by atoms with Crippen LogP contribution in [0.2, 0.25) is 0 Å². The molecule has 0 aliphatic rings. The molecule has 0 fully saturated rings. The highest BCUT2D eigenvalue weighted by molar-refractivity contribution is 5.84. The van der Waals surface area contributed by atoms with Crippen LogP contribution in [0.5, 0.6) is 0 Å². The minimum atomic E-state index is -0.259. The Morgan fingerprint density at radius 3 is 2.30 bits per heavy atom. The van der Waals surface area contributed by atoms with Gasteiger partial charge in [0.25, 0.3) is 5.56 Å². The number of aromatic nitrogens is 3. The Bertz CT molecular complexity index is 1220. The number of carbonyl (C=O) groups excluding carboxylic acids is 1. The Labute approximate surface area is 174 Å². The predicted octanol–water partition coefficient (Wildman–Crippen LogP) is 3.04. The van der Waals surface area contributed by atoms with Crippen LogP contribution >= 0.6 is 0 Å². The molecular weight excluding hydrogens is 376 g/mol. The Hall–Kier alpha value is -3.80. The van der Waals surface area contributed by atoms with E-state index in [0.29, 0.717) is 18.4 Å². The summed E-state index contributed by atoms with van der Waals surface area (Å²) in [6.45, 7) is 0.377. The van der Waals surface area contributed by atoms with Crippen LogP contribution in [0, 0.1) is 0 Å². The van der Waals surface area contributed by atoms with Crippen molar-refractivity contribution in [1.29, 1.82) is 0 Å². The van der Waals surface area contributed by atoms with Crippen molar-refractivity contribution >= 4 is 16.7 Å². The van der Waals surface area contributed by atoms with Crippen LogP contribution < -0.4 is 5.56 Å². The fourth-order valence-corrected chi connectivity index (χ4v) is 3.43. The molecule has 2 aromatic carbocycles. The number of hydrogen-bond acceptors (Lipinski definition) is 4. The average molecular weight is 398 g/mol. The molecule has 6 heteroatoms. The van der Waals surface area contributed by atoms with Gasteiger partial charge in [0.1, 0.15) is 6.54 Å². The molecule has 1 amide bonds. The van der Waals surface area contributed by atoms with Crippen LogP contribution in [0.3, 0.4) is 0 Å². The number of pyridine rings is 1. The largest absolute Gasteiger partial charge is 0.340 e. The van der Waals surface area contributed by atoms with E-state index < -0.39 is 0 Å². The summed E-state index contributed by atoms with van der Waals surface area (Å²) in [5.41, 5.74) is 2.58. The second-order valence-electron chi connectivity index (χ2n) is 7.22. The summed E-state index contributed by atoms with van der Waals surface area (Å²) in [5.74, 6) is -0.168. The number of fused-ring (bicyclic) bond motifs is 1. The third-order valence-corrected chi connectivity index (χ3v) is 5.04. The lowest BCUT2D eigenvalue weighted by molar-refractivity contribution is -0.131. The maximum atomic E-state index is 13.0. The lowest BCUT2D eigenvalue weighted by Gasteiger charge is -2.18. The second-order valence-corrected chi connectivity index (χ2v) is 7.22. The van der Waals surface area contributed by atoms with E-state index in [9.17, 15) is 9.59 Å². The van der Waals surface area contributed by atoms with E-state index in [4.69, 9.17) is 0 Å². The Balaban J connectivity index is 1.64. The highest BCUT2D eigenvalue weighted by atomic mass is 16.2. The molecule has 0 aliphatic heterocycles. The van der Waals surface area contributed by atoms with Gasteiger partial charge < -0.3 is 4.90 Å². The number of benzene rings is 2. The molecule has 0 saturated heterocycles. The molecule has 0 aliphatic carbocycles. The smallest absolute Gasteiger partial charge is 0.275 e. The van der Waals surface area contributed by atoms with Crippen LogP contribution in [0.4, 0.5) is 0 Å². The third-order valence-electron chi connectivity index (χ3n) is 5.04. The van der Waals surface area contributed by atoms with E-state index in [0.717, 1.165) is 22.2 Å². The average Bonchev–Trinajstić information content (AvgIpc) is 2.78. The van der Waals surface area contributed by atoms with Gasteiger partial charge in [-0.2, -0.15) is 5.10 Å². The molecule has 4 aromatic rings. The zero-order valence-electron chi connectivity index (χ0n) is 16.7. The fraction of sp³-hybridized carbons (Fsp3) is 0.167. The summed E-state index contributed by atoms with van der Waals surface area (Å²) < 4.78 is 1.28. The summed E-state index contributed by atoms with van der Waals surface area (Å²) >= 11 is 0. The summed E-state index contributed by atoms with van der Waals surface area (Å²) in [4.78, 5) is 31.4. The normalized spacial score (nSPS) is 10.8. The number of rotatable bonds is 6. The van der Waals surface area contributed by atoms with Crippen molar-refractivity contribution in [2.75, 3.05) is 7.05 Å². The molecule has 150 valence electrons. The first-order valence-electron chi connectivity index (χ1n) is 9.77. The van der Waals surface area contributed by atoms with E-state index >= 15 is 0 Å². The summed E-state index contributed by atoms with van der Waals surface area (Å²) in [6, 6.07) is 21.0. The topological polar surface area (TPSA) is 68.1 Å². The molecule has 0 bridgehead atoms. The van der Waals surface area contributed by atoms with Crippen molar-refractivity contribution in [3.63, 3.8) is 0 Å². The molecule has 0 saturated carbocycles. The van der Waals surface area contributed by atoms with Crippen molar-refractivity contribution in [1.82, 2.24) is 19.7 Å². The van der Waals surface area contributed by atoms with Gasteiger partial charge in [-0.1, -0.05) is 48.5 Å². The summed E-state index contributed by atoms with van der Waals surface area (Å²) in [7, 11) is 1.74. The number of carbonyl (C=O) groups is 1. The first-order valence-corrected chi connectivity index (χ1v) is 9.77. The van der Waals surface area contributed by atoms with Crippen LogP contribution in [0.15, 0.2) is 83.9 Å². The van der Waals surface area contributed by atoms with Gasteiger partial charge in [0.05, 0.1) is 11.1 Å². The zero-order chi connectivity index (χ0) is 20.9. The van der Waals surface area contributed by atoms with Crippen molar-refractivity contribution in [2.24, 2.45) is 0 Å². The molecule has 2 heterocycles. The molecule has 30 heavy (non-hydrogen) atoms. The molecule has 4 rings (SSSR count). The van der Waals surface area contributed by atoms with Gasteiger partial charge in [-0.3, -0.25) is 14.6 Å². The van der Waals surface area contributed by atoms with Gasteiger partial charge in [0.2, 0.25) is 5.91 Å². The molecule has 2 aromatic heterocycles. The highest BCUT2D eigenvalue weighted by Crippen LogP contribution is 2.17. The van der Waals surface area contributed by atoms with Crippen molar-refractivity contribution in [3.05, 3.63) is 106 Å². The van der Waals surface area contributed by atoms with Crippen molar-refractivity contribution < 1.29 is 4.79 Å². The second kappa shape index (κ2) is 8.69. The van der Waals surface area contributed by atoms with E-state index in [2.05, 4.69) is 10.1 Å². The van der Waals surface area contributed by atoms with Gasteiger partial charge >= 0.3 is 0 Å². The Kier molecular flexibility index (Phi) is 5.66. The number of nitrogens with zero attached hydrogens (tertiary/aromatic N) is 4. The first kappa shape index (κ1) is 19.5. The quantitative estimate of drug-likeness (QED) is 0.501. The Morgan fingerprint density at radius 1 is 0.900 bits per heavy atom. The predicted molar refractivity (Wildman–Crippen MR) is 116 cm³/mol. The molecule has 0 atom stereocenters. The fourth-order valence-electron chi connectivity index (χ4n) is 3.43. The molecule has 6 nitrogen and oxygen atoms in total. The number of amides is 1. The Morgan fingerprint density at radius 2 is 1.57 bits per heavy atom. The van der Waals surface area contributed by atoms with Gasteiger partial charge in [-0.25, -0.2) is 4.68 Å². The van der Waals surface area contributed by atoms with Gasteiger partial charge in [0, 0.05) is 37.8 Å². The highest BCUT2D eigenvalue weighted by Gasteiger charge is 2.16. The molecule has 0 radical (unpaired) electrons. The van der Waals surface area contributed by atoms with Crippen molar-refractivity contribution in [3.8, 4) is 0 Å². The molecule has 0 unspecified atom stereocenters. The molecule has 0 N–H and O–H groups in total. The lowest BCUT2D eigenvalue weighted by atomic mass is 10.1. The lowest BCUT2D eigenvalue weighted by Crippen LogP contribution is -2.35. The standard InChI is InChI=1S/C24H22N4O2/c1-27(16-19-7-3-2-4-8-19)23(29)17-28-24(30)21-10-6-5-9-20(21)22(26-28)15-18-11-13-25-14-12-18/h2-14H,15-17H2,1H3. The number of hydrogen-bond donors (Lipinski definition) is 0. The van der Waals surface area contributed by atoms with Gasteiger partial charge in [0.15, 0.2) is 0 Å². The molecule has 0 spiro atoms. The zero-order valence-corrected chi connectivity index (χ0v) is 16.7. The minimum Gasteiger partial charge on any atom is -0.340 e. The maximum absolute atomic E-state index is 13.0. The minimum absolute atomic E-state index is 0.101. The first-order chi connectivity index (χ1) is 14.6. The van der Waals surface area contributed by atoms with E-state index in [-0.39, 0.29) is 18.0 Å². The van der Waals surface area contributed by atoms with Crippen LogP contribution in [0.25, 0.3) is 10.8 Å². The van der Waals surface area contributed by atoms with Crippen molar-refractivity contribution in [2.45, 2.75) is 19.5 Å². The van der Waals surface area contributed by atoms with E-state index in [1.165, 1.54) is 4.68 Å². The SMILES string of the molecule is CN(Cc1ccccc1)C(=O)Cn1nc(Cc2ccncc2)c2ccccc2c1=O. The van der Waals surface area contributed by atoms with E-state index in [1.807, 2.05) is 60.7 Å². The van der Waals surface area contributed by atoms with Crippen LogP contribution in [-0.2, 0) is 24.3 Å².